The fourth-order valence-electron chi connectivity index (χ4n) is 2.80. The van der Waals surface area contributed by atoms with Crippen LogP contribution >= 0.6 is 11.3 Å². The summed E-state index contributed by atoms with van der Waals surface area (Å²) in [6, 6.07) is 16.3. The topological polar surface area (TPSA) is 86.5 Å². The number of hydrogen-bond donors (Lipinski definition) is 1. The van der Waals surface area contributed by atoms with E-state index >= 15 is 0 Å². The molecule has 0 aliphatic heterocycles. The number of amides is 1. The van der Waals surface area contributed by atoms with E-state index in [1.807, 2.05) is 35.7 Å². The van der Waals surface area contributed by atoms with Gasteiger partial charge in [-0.15, -0.1) is 11.3 Å². The highest BCUT2D eigenvalue weighted by Crippen LogP contribution is 2.33. The Hall–Kier alpha value is -3.65. The molecule has 29 heavy (non-hydrogen) atoms. The Kier molecular flexibility index (Phi) is 5.26. The van der Waals surface area contributed by atoms with E-state index in [1.165, 1.54) is 11.3 Å². The zero-order valence-corrected chi connectivity index (χ0v) is 16.5. The van der Waals surface area contributed by atoms with Crippen LogP contribution in [0, 0.1) is 0 Å². The summed E-state index contributed by atoms with van der Waals surface area (Å²) in [7, 11) is 3.14. The smallest absolute Gasteiger partial charge is 0.265 e. The monoisotopic (exact) mass is 407 g/mol. The van der Waals surface area contributed by atoms with Gasteiger partial charge in [-0.3, -0.25) is 4.79 Å². The molecule has 4 rings (SSSR count). The molecule has 0 spiro atoms. The van der Waals surface area contributed by atoms with Gasteiger partial charge < -0.3 is 19.3 Å². The second-order valence-corrected chi connectivity index (χ2v) is 6.92. The zero-order valence-electron chi connectivity index (χ0n) is 15.7. The van der Waals surface area contributed by atoms with Gasteiger partial charge in [-0.2, -0.15) is 4.98 Å². The summed E-state index contributed by atoms with van der Waals surface area (Å²) in [5.41, 5.74) is 1.95. The second-order valence-electron chi connectivity index (χ2n) is 5.97. The summed E-state index contributed by atoms with van der Waals surface area (Å²) >= 11 is 1.37. The van der Waals surface area contributed by atoms with Crippen molar-refractivity contribution in [2.75, 3.05) is 19.5 Å². The number of benzene rings is 2. The van der Waals surface area contributed by atoms with Gasteiger partial charge in [-0.1, -0.05) is 23.4 Å². The lowest BCUT2D eigenvalue weighted by Gasteiger charge is -2.08. The third-order valence-corrected chi connectivity index (χ3v) is 5.09. The molecule has 7 nitrogen and oxygen atoms in total. The molecule has 8 heteroatoms. The van der Waals surface area contributed by atoms with Crippen molar-refractivity contribution in [2.45, 2.75) is 0 Å². The number of nitrogens with one attached hydrogen (secondary N) is 1. The molecule has 0 saturated carbocycles. The van der Waals surface area contributed by atoms with Gasteiger partial charge in [-0.25, -0.2) is 0 Å². The van der Waals surface area contributed by atoms with Gasteiger partial charge >= 0.3 is 0 Å². The molecule has 0 fully saturated rings. The number of carbonyl (C=O) groups is 1. The SMILES string of the molecule is COc1ccc(-c2noc(-c3ccccc3NC(=O)c3cccs3)n2)cc1OC. The molecule has 0 unspecified atom stereocenters. The molecule has 2 aromatic heterocycles. The lowest BCUT2D eigenvalue weighted by molar-refractivity contribution is 0.103. The van der Waals surface area contributed by atoms with Crippen LogP contribution in [-0.4, -0.2) is 30.3 Å². The Morgan fingerprint density at radius 3 is 2.62 bits per heavy atom. The van der Waals surface area contributed by atoms with Gasteiger partial charge in [0.1, 0.15) is 0 Å². The van der Waals surface area contributed by atoms with Crippen molar-refractivity contribution in [1.29, 1.82) is 0 Å². The van der Waals surface area contributed by atoms with Crippen molar-refractivity contribution in [1.82, 2.24) is 10.1 Å². The molecule has 146 valence electrons. The summed E-state index contributed by atoms with van der Waals surface area (Å²) in [6.07, 6.45) is 0. The van der Waals surface area contributed by atoms with Crippen LogP contribution in [0.5, 0.6) is 11.5 Å². The summed E-state index contributed by atoms with van der Waals surface area (Å²) in [5, 5.41) is 8.83. The molecule has 1 amide bonds. The summed E-state index contributed by atoms with van der Waals surface area (Å²) in [6.45, 7) is 0. The average molecular weight is 407 g/mol. The number of para-hydroxylation sites is 1. The van der Waals surface area contributed by atoms with Crippen LogP contribution in [0.2, 0.25) is 0 Å². The van der Waals surface area contributed by atoms with E-state index in [4.69, 9.17) is 14.0 Å². The van der Waals surface area contributed by atoms with Gasteiger partial charge in [0.2, 0.25) is 5.82 Å². The van der Waals surface area contributed by atoms with Crippen LogP contribution in [0.4, 0.5) is 5.69 Å². The van der Waals surface area contributed by atoms with Crippen molar-refractivity contribution in [3.05, 3.63) is 64.9 Å². The average Bonchev–Trinajstić information content (AvgIpc) is 3.46. The number of hydrogen-bond acceptors (Lipinski definition) is 7. The Labute approximate surface area is 170 Å². The van der Waals surface area contributed by atoms with Crippen molar-refractivity contribution in [3.63, 3.8) is 0 Å². The fraction of sp³-hybridized carbons (Fsp3) is 0.0952. The number of methoxy groups -OCH3 is 2. The minimum Gasteiger partial charge on any atom is -0.493 e. The highest BCUT2D eigenvalue weighted by Gasteiger charge is 2.17. The lowest BCUT2D eigenvalue weighted by atomic mass is 10.1. The third kappa shape index (κ3) is 3.83. The predicted molar refractivity (Wildman–Crippen MR) is 111 cm³/mol. The number of aromatic nitrogens is 2. The minimum atomic E-state index is -0.188. The first-order valence-corrected chi connectivity index (χ1v) is 9.58. The van der Waals surface area contributed by atoms with Crippen LogP contribution in [0.3, 0.4) is 0 Å². The number of anilines is 1. The van der Waals surface area contributed by atoms with E-state index in [2.05, 4.69) is 15.5 Å². The molecular formula is C21H17N3O4S. The standard InChI is InChI=1S/C21H17N3O4S/c1-26-16-10-9-13(12-17(16)27-2)19-23-21(28-24-19)14-6-3-4-7-15(14)22-20(25)18-8-5-11-29-18/h3-12H,1-2H3,(H,22,25). The van der Waals surface area contributed by atoms with Crippen LogP contribution in [0.1, 0.15) is 9.67 Å². The minimum absolute atomic E-state index is 0.188. The first-order valence-electron chi connectivity index (χ1n) is 8.70. The summed E-state index contributed by atoms with van der Waals surface area (Å²) < 4.78 is 16.1. The van der Waals surface area contributed by atoms with E-state index in [-0.39, 0.29) is 5.91 Å². The largest absolute Gasteiger partial charge is 0.493 e. The maximum absolute atomic E-state index is 12.4. The van der Waals surface area contributed by atoms with Crippen LogP contribution in [-0.2, 0) is 0 Å². The van der Waals surface area contributed by atoms with Crippen molar-refractivity contribution < 1.29 is 18.8 Å². The number of thiophene rings is 1. The highest BCUT2D eigenvalue weighted by atomic mass is 32.1. The van der Waals surface area contributed by atoms with Crippen LogP contribution in [0.15, 0.2) is 64.5 Å². The van der Waals surface area contributed by atoms with Crippen molar-refractivity contribution in [3.8, 4) is 34.3 Å². The van der Waals surface area contributed by atoms with Gasteiger partial charge in [-0.05, 0) is 41.8 Å². The molecule has 0 aliphatic rings. The molecule has 2 heterocycles. The van der Waals surface area contributed by atoms with Gasteiger partial charge in [0.25, 0.3) is 11.8 Å². The maximum atomic E-state index is 12.4. The molecular weight excluding hydrogens is 390 g/mol. The van der Waals surface area contributed by atoms with Crippen molar-refractivity contribution >= 4 is 22.9 Å². The summed E-state index contributed by atoms with van der Waals surface area (Å²) in [4.78, 5) is 17.5. The lowest BCUT2D eigenvalue weighted by Crippen LogP contribution is -2.10. The zero-order chi connectivity index (χ0) is 20.2. The molecule has 0 saturated heterocycles. The Morgan fingerprint density at radius 2 is 1.86 bits per heavy atom. The Bertz CT molecular complexity index is 1140. The molecule has 0 bridgehead atoms. The number of rotatable bonds is 6. The molecule has 0 radical (unpaired) electrons. The van der Waals surface area contributed by atoms with Crippen LogP contribution < -0.4 is 14.8 Å². The first-order chi connectivity index (χ1) is 14.2. The van der Waals surface area contributed by atoms with Gasteiger partial charge in [0, 0.05) is 5.56 Å². The van der Waals surface area contributed by atoms with E-state index in [1.54, 1.807) is 38.5 Å². The number of ether oxygens (including phenoxy) is 2. The summed E-state index contributed by atoms with van der Waals surface area (Å²) in [5.74, 6) is 1.70. The molecule has 1 N–H and O–H groups in total. The molecule has 4 aromatic rings. The van der Waals surface area contributed by atoms with E-state index in [0.29, 0.717) is 39.3 Å². The van der Waals surface area contributed by atoms with Gasteiger partial charge in [0.05, 0.1) is 30.3 Å². The highest BCUT2D eigenvalue weighted by molar-refractivity contribution is 7.12. The van der Waals surface area contributed by atoms with E-state index < -0.39 is 0 Å². The first kappa shape index (κ1) is 18.7. The normalized spacial score (nSPS) is 10.6. The molecule has 0 aliphatic carbocycles. The van der Waals surface area contributed by atoms with E-state index in [0.717, 1.165) is 5.56 Å². The Morgan fingerprint density at radius 1 is 1.03 bits per heavy atom. The predicted octanol–water partition coefficient (Wildman–Crippen LogP) is 4.73. The van der Waals surface area contributed by atoms with Crippen LogP contribution in [0.25, 0.3) is 22.8 Å². The number of carbonyl (C=O) groups excluding carboxylic acids is 1. The van der Waals surface area contributed by atoms with Crippen molar-refractivity contribution in [2.24, 2.45) is 0 Å². The quantitative estimate of drug-likeness (QED) is 0.497. The third-order valence-electron chi connectivity index (χ3n) is 4.22. The molecule has 2 aromatic carbocycles. The second kappa shape index (κ2) is 8.15. The molecule has 0 atom stereocenters. The van der Waals surface area contributed by atoms with Gasteiger partial charge in [0.15, 0.2) is 11.5 Å². The number of nitrogens with zero attached hydrogens (tertiary/aromatic N) is 2. The fourth-order valence-corrected chi connectivity index (χ4v) is 3.41. The van der Waals surface area contributed by atoms with E-state index in [9.17, 15) is 4.79 Å². The maximum Gasteiger partial charge on any atom is 0.265 e. The Balaban J connectivity index is 1.64.